The number of hydrogen-bond donors (Lipinski definition) is 2. The highest BCUT2D eigenvalue weighted by Crippen LogP contribution is 2.10. The third-order valence-electron chi connectivity index (χ3n) is 2.14. The third kappa shape index (κ3) is 2.70. The van der Waals surface area contributed by atoms with Gasteiger partial charge in [-0.05, 0) is 24.9 Å². The monoisotopic (exact) mass is 170 g/mol. The number of aliphatic hydroxyl groups is 1. The van der Waals surface area contributed by atoms with Crippen molar-refractivity contribution in [3.63, 3.8) is 0 Å². The van der Waals surface area contributed by atoms with Crippen LogP contribution in [0.2, 0.25) is 0 Å². The van der Waals surface area contributed by atoms with Gasteiger partial charge >= 0.3 is 0 Å². The summed E-state index contributed by atoms with van der Waals surface area (Å²) in [6.07, 6.45) is 2.76. The molecule has 2 unspecified atom stereocenters. The van der Waals surface area contributed by atoms with Gasteiger partial charge in [-0.25, -0.2) is 0 Å². The molecular formula is C7H14N4O. The Morgan fingerprint density at radius 1 is 1.67 bits per heavy atom. The number of nitrogens with zero attached hydrogens (tertiary/aromatic N) is 3. The summed E-state index contributed by atoms with van der Waals surface area (Å²) in [7, 11) is 0. The molecule has 1 saturated heterocycles. The normalized spacial score (nSPS) is 25.9. The molecule has 0 aromatic carbocycles. The summed E-state index contributed by atoms with van der Waals surface area (Å²) in [5.74, 6) is 0. The first-order valence-corrected chi connectivity index (χ1v) is 4.27. The average Bonchev–Trinajstić information content (AvgIpc) is 2.15. The molecule has 0 spiro atoms. The summed E-state index contributed by atoms with van der Waals surface area (Å²) in [5, 5.41) is 16.0. The van der Waals surface area contributed by atoms with Crippen LogP contribution < -0.4 is 5.32 Å². The number of aliphatic hydroxyl groups excluding tert-OH is 1. The zero-order valence-corrected chi connectivity index (χ0v) is 6.98. The second kappa shape index (κ2) is 4.98. The lowest BCUT2D eigenvalue weighted by Gasteiger charge is -2.26. The van der Waals surface area contributed by atoms with Crippen LogP contribution in [0.4, 0.5) is 0 Å². The van der Waals surface area contributed by atoms with Gasteiger partial charge in [0.15, 0.2) is 0 Å². The first-order valence-electron chi connectivity index (χ1n) is 4.27. The van der Waals surface area contributed by atoms with Crippen molar-refractivity contribution in [1.29, 1.82) is 0 Å². The van der Waals surface area contributed by atoms with E-state index >= 15 is 0 Å². The van der Waals surface area contributed by atoms with E-state index in [0.29, 0.717) is 0 Å². The quantitative estimate of drug-likeness (QED) is 0.373. The van der Waals surface area contributed by atoms with E-state index in [1.54, 1.807) is 0 Å². The van der Waals surface area contributed by atoms with Gasteiger partial charge in [0.2, 0.25) is 0 Å². The van der Waals surface area contributed by atoms with Crippen molar-refractivity contribution in [3.05, 3.63) is 10.4 Å². The molecule has 0 amide bonds. The van der Waals surface area contributed by atoms with Crippen LogP contribution in [0.25, 0.3) is 10.4 Å². The molecule has 5 nitrogen and oxygen atoms in total. The summed E-state index contributed by atoms with van der Waals surface area (Å²) in [6.45, 7) is 1.13. The van der Waals surface area contributed by atoms with Crippen molar-refractivity contribution < 1.29 is 5.11 Å². The van der Waals surface area contributed by atoms with Crippen molar-refractivity contribution in [2.75, 3.05) is 13.1 Å². The fourth-order valence-electron chi connectivity index (χ4n) is 1.45. The zero-order chi connectivity index (χ0) is 8.81. The molecule has 0 aliphatic carbocycles. The maximum atomic E-state index is 9.48. The molecule has 1 heterocycles. The number of azide groups is 1. The van der Waals surface area contributed by atoms with E-state index in [1.807, 2.05) is 0 Å². The predicted octanol–water partition coefficient (Wildman–Crippen LogP) is 0.800. The Labute approximate surface area is 71.4 Å². The highest BCUT2D eigenvalue weighted by atomic mass is 16.3. The van der Waals surface area contributed by atoms with Gasteiger partial charge in [0, 0.05) is 11.0 Å². The van der Waals surface area contributed by atoms with Crippen LogP contribution >= 0.6 is 0 Å². The van der Waals surface area contributed by atoms with E-state index < -0.39 is 6.10 Å². The van der Waals surface area contributed by atoms with Gasteiger partial charge in [-0.1, -0.05) is 11.5 Å². The average molecular weight is 170 g/mol. The van der Waals surface area contributed by atoms with E-state index in [1.165, 1.54) is 6.42 Å². The number of hydrogen-bond acceptors (Lipinski definition) is 3. The van der Waals surface area contributed by atoms with E-state index in [0.717, 1.165) is 19.4 Å². The molecule has 0 bridgehead atoms. The SMILES string of the molecule is [N-]=[N+]=NCC(O)C1CCCCN1. The van der Waals surface area contributed by atoms with Crippen LogP contribution in [-0.4, -0.2) is 30.3 Å². The number of rotatable bonds is 3. The van der Waals surface area contributed by atoms with Gasteiger partial charge in [-0.2, -0.15) is 0 Å². The molecule has 1 rings (SSSR count). The second-order valence-electron chi connectivity index (χ2n) is 3.04. The lowest BCUT2D eigenvalue weighted by Crippen LogP contribution is -2.44. The van der Waals surface area contributed by atoms with Crippen LogP contribution in [0.1, 0.15) is 19.3 Å². The Balaban J connectivity index is 2.28. The molecule has 68 valence electrons. The van der Waals surface area contributed by atoms with Crippen molar-refractivity contribution in [2.24, 2.45) is 5.11 Å². The maximum Gasteiger partial charge on any atom is 0.0749 e. The lowest BCUT2D eigenvalue weighted by molar-refractivity contribution is 0.120. The Hall–Kier alpha value is -0.770. The molecule has 12 heavy (non-hydrogen) atoms. The minimum absolute atomic E-state index is 0.115. The van der Waals surface area contributed by atoms with Crippen LogP contribution in [0.3, 0.4) is 0 Å². The van der Waals surface area contributed by atoms with Gasteiger partial charge in [0.1, 0.15) is 0 Å². The molecule has 0 saturated carbocycles. The first-order chi connectivity index (χ1) is 5.84. The van der Waals surface area contributed by atoms with Gasteiger partial charge in [-0.3, -0.25) is 0 Å². The molecule has 2 atom stereocenters. The molecule has 0 aromatic rings. The van der Waals surface area contributed by atoms with E-state index in [9.17, 15) is 5.11 Å². The zero-order valence-electron chi connectivity index (χ0n) is 6.98. The van der Waals surface area contributed by atoms with Crippen LogP contribution in [0.5, 0.6) is 0 Å². The summed E-state index contributed by atoms with van der Waals surface area (Å²) >= 11 is 0. The fourth-order valence-corrected chi connectivity index (χ4v) is 1.45. The van der Waals surface area contributed by atoms with E-state index in [2.05, 4.69) is 15.3 Å². The second-order valence-corrected chi connectivity index (χ2v) is 3.04. The minimum Gasteiger partial charge on any atom is -0.391 e. The van der Waals surface area contributed by atoms with Gasteiger partial charge in [0.05, 0.1) is 12.6 Å². The third-order valence-corrected chi connectivity index (χ3v) is 2.14. The Morgan fingerprint density at radius 3 is 3.08 bits per heavy atom. The summed E-state index contributed by atoms with van der Waals surface area (Å²) < 4.78 is 0. The molecule has 1 aliphatic heterocycles. The van der Waals surface area contributed by atoms with E-state index in [-0.39, 0.29) is 12.6 Å². The smallest absolute Gasteiger partial charge is 0.0749 e. The van der Waals surface area contributed by atoms with Gasteiger partial charge in [-0.15, -0.1) is 0 Å². The Kier molecular flexibility index (Phi) is 3.87. The standard InChI is InChI=1S/C7H14N4O/c8-11-10-5-7(12)6-3-1-2-4-9-6/h6-7,9,12H,1-5H2. The van der Waals surface area contributed by atoms with Crippen molar-refractivity contribution >= 4 is 0 Å². The summed E-state index contributed by atoms with van der Waals surface area (Å²) in [6, 6.07) is 0.115. The van der Waals surface area contributed by atoms with Crippen molar-refractivity contribution in [1.82, 2.24) is 5.32 Å². The highest BCUT2D eigenvalue weighted by molar-refractivity contribution is 4.80. The molecule has 1 aliphatic rings. The predicted molar refractivity (Wildman–Crippen MR) is 45.7 cm³/mol. The summed E-state index contributed by atoms with van der Waals surface area (Å²) in [4.78, 5) is 2.61. The molecule has 5 heteroatoms. The maximum absolute atomic E-state index is 9.48. The van der Waals surface area contributed by atoms with Crippen molar-refractivity contribution in [2.45, 2.75) is 31.4 Å². The number of nitrogens with one attached hydrogen (secondary N) is 1. The van der Waals surface area contributed by atoms with Crippen LogP contribution in [-0.2, 0) is 0 Å². The van der Waals surface area contributed by atoms with E-state index in [4.69, 9.17) is 5.53 Å². The molecular weight excluding hydrogens is 156 g/mol. The lowest BCUT2D eigenvalue weighted by atomic mass is 10.0. The Bertz CT molecular complexity index is 172. The molecule has 2 N–H and O–H groups in total. The number of piperidine rings is 1. The van der Waals surface area contributed by atoms with Gasteiger partial charge < -0.3 is 10.4 Å². The van der Waals surface area contributed by atoms with Crippen LogP contribution in [0.15, 0.2) is 5.11 Å². The van der Waals surface area contributed by atoms with Gasteiger partial charge in [0.25, 0.3) is 0 Å². The Morgan fingerprint density at radius 2 is 2.50 bits per heavy atom. The molecule has 0 radical (unpaired) electrons. The van der Waals surface area contributed by atoms with Crippen LogP contribution in [0, 0.1) is 0 Å². The highest BCUT2D eigenvalue weighted by Gasteiger charge is 2.19. The minimum atomic E-state index is -0.527. The van der Waals surface area contributed by atoms with Crippen molar-refractivity contribution in [3.8, 4) is 0 Å². The fraction of sp³-hybridized carbons (Fsp3) is 1.00. The largest absolute Gasteiger partial charge is 0.391 e. The molecule has 0 aromatic heterocycles. The summed E-state index contributed by atoms with van der Waals surface area (Å²) in [5.41, 5.74) is 8.04. The topological polar surface area (TPSA) is 81.0 Å². The first kappa shape index (κ1) is 9.32. The molecule has 1 fully saturated rings.